The summed E-state index contributed by atoms with van der Waals surface area (Å²) in [4.78, 5) is 10.2. The van der Waals surface area contributed by atoms with Gasteiger partial charge in [0.1, 0.15) is 5.69 Å². The van der Waals surface area contributed by atoms with E-state index in [-0.39, 0.29) is 10.6 Å². The van der Waals surface area contributed by atoms with E-state index in [1.807, 2.05) is 5.43 Å². The van der Waals surface area contributed by atoms with Crippen LogP contribution in [-0.2, 0) is 9.84 Å². The minimum Gasteiger partial charge on any atom is -0.235 e. The van der Waals surface area contributed by atoms with Crippen molar-refractivity contribution in [3.05, 3.63) is 31.2 Å². The average Bonchev–Trinajstić information content (AvgIpc) is 2.06. The Labute approximate surface area is 108 Å². The summed E-state index contributed by atoms with van der Waals surface area (Å²) in [5.41, 5.74) is 1.76. The fraction of sp³-hybridized carbons (Fsp3) is 0.143. The molecule has 0 aliphatic heterocycles. The van der Waals surface area contributed by atoms with Crippen molar-refractivity contribution in [1.82, 2.24) is 0 Å². The Morgan fingerprint density at radius 2 is 1.94 bits per heavy atom. The van der Waals surface area contributed by atoms with Gasteiger partial charge in [0.25, 0.3) is 0 Å². The summed E-state index contributed by atoms with van der Waals surface area (Å²) in [7, 11) is -3.55. The first kappa shape index (κ1) is 13.4. The quantitative estimate of drug-likeness (QED) is 0.648. The molecule has 0 unspecified atom stereocenters. The van der Waals surface area contributed by atoms with E-state index in [0.29, 0.717) is 8.95 Å². The maximum atomic E-state index is 11.4. The SMILES string of the molecule is CS(=O)(=O)c1cc(Br)cc(Br)c1N[N+](=O)[O-]. The van der Waals surface area contributed by atoms with Gasteiger partial charge in [0, 0.05) is 15.2 Å². The summed E-state index contributed by atoms with van der Waals surface area (Å²) in [6, 6.07) is 2.81. The molecule has 0 amide bonds. The van der Waals surface area contributed by atoms with Gasteiger partial charge in [-0.1, -0.05) is 15.9 Å². The van der Waals surface area contributed by atoms with Gasteiger partial charge in [0.2, 0.25) is 0 Å². The molecule has 1 N–H and O–H groups in total. The molecule has 0 atom stereocenters. The van der Waals surface area contributed by atoms with Crippen LogP contribution in [0.25, 0.3) is 0 Å². The Morgan fingerprint density at radius 1 is 1.38 bits per heavy atom. The highest BCUT2D eigenvalue weighted by Gasteiger charge is 2.20. The number of halogens is 2. The van der Waals surface area contributed by atoms with Gasteiger partial charge in [-0.3, -0.25) is 0 Å². The second-order valence-electron chi connectivity index (χ2n) is 2.90. The molecule has 0 bridgehead atoms. The maximum Gasteiger partial charge on any atom is 0.177 e. The lowest BCUT2D eigenvalue weighted by atomic mass is 10.3. The molecule has 0 heterocycles. The van der Waals surface area contributed by atoms with Crippen LogP contribution in [0.15, 0.2) is 26.0 Å². The number of anilines is 1. The molecule has 0 aliphatic carbocycles. The first-order valence-electron chi connectivity index (χ1n) is 3.82. The zero-order valence-electron chi connectivity index (χ0n) is 7.90. The average molecular weight is 374 g/mol. The van der Waals surface area contributed by atoms with Gasteiger partial charge in [-0.05, 0) is 28.1 Å². The lowest BCUT2D eigenvalue weighted by Gasteiger charge is -2.07. The highest BCUT2D eigenvalue weighted by Crippen LogP contribution is 2.33. The van der Waals surface area contributed by atoms with E-state index in [9.17, 15) is 18.5 Å². The van der Waals surface area contributed by atoms with Gasteiger partial charge in [0.05, 0.1) is 4.90 Å². The molecule has 88 valence electrons. The fourth-order valence-electron chi connectivity index (χ4n) is 1.04. The number of nitrogens with zero attached hydrogens (tertiary/aromatic N) is 1. The van der Waals surface area contributed by atoms with Crippen molar-refractivity contribution in [2.45, 2.75) is 4.90 Å². The topological polar surface area (TPSA) is 89.3 Å². The van der Waals surface area contributed by atoms with E-state index in [2.05, 4.69) is 31.9 Å². The highest BCUT2D eigenvalue weighted by atomic mass is 79.9. The van der Waals surface area contributed by atoms with Gasteiger partial charge in [-0.25, -0.2) is 18.5 Å². The standard InChI is InChI=1S/C7H6Br2N2O4S/c1-16(14,15)6-3-4(8)2-5(9)7(6)10-11(12)13/h2-3,10H,1H3. The second-order valence-corrected chi connectivity index (χ2v) is 6.66. The minimum absolute atomic E-state index is 0.0873. The Kier molecular flexibility index (Phi) is 3.92. The number of hydrazine groups is 1. The predicted octanol–water partition coefficient (Wildman–Crippen LogP) is 2.22. The van der Waals surface area contributed by atoms with Crippen molar-refractivity contribution >= 4 is 47.4 Å². The van der Waals surface area contributed by atoms with Gasteiger partial charge >= 0.3 is 0 Å². The van der Waals surface area contributed by atoms with Crippen LogP contribution in [0.5, 0.6) is 0 Å². The molecule has 1 aromatic carbocycles. The Hall–Kier alpha value is -0.670. The normalized spacial score (nSPS) is 11.2. The van der Waals surface area contributed by atoms with Crippen molar-refractivity contribution < 1.29 is 13.5 Å². The summed E-state index contributed by atoms with van der Waals surface area (Å²) >= 11 is 6.17. The summed E-state index contributed by atoms with van der Waals surface area (Å²) in [5, 5.41) is 9.54. The molecular weight excluding hydrogens is 368 g/mol. The summed E-state index contributed by atoms with van der Waals surface area (Å²) < 4.78 is 23.7. The van der Waals surface area contributed by atoms with E-state index in [1.165, 1.54) is 12.1 Å². The molecule has 0 spiro atoms. The Balaban J connectivity index is 3.51. The van der Waals surface area contributed by atoms with E-state index >= 15 is 0 Å². The van der Waals surface area contributed by atoms with Crippen LogP contribution in [0, 0.1) is 10.1 Å². The van der Waals surface area contributed by atoms with E-state index in [1.54, 1.807) is 0 Å². The number of sulfone groups is 1. The zero-order valence-corrected chi connectivity index (χ0v) is 11.9. The molecule has 1 rings (SSSR count). The summed E-state index contributed by atoms with van der Waals surface area (Å²) in [6.07, 6.45) is 0.979. The lowest BCUT2D eigenvalue weighted by molar-refractivity contribution is -0.445. The molecule has 0 aliphatic rings. The highest BCUT2D eigenvalue weighted by molar-refractivity contribution is 9.11. The fourth-order valence-corrected chi connectivity index (χ4v) is 3.51. The minimum atomic E-state index is -3.55. The largest absolute Gasteiger partial charge is 0.235 e. The Morgan fingerprint density at radius 3 is 2.38 bits per heavy atom. The van der Waals surface area contributed by atoms with Crippen LogP contribution in [0.2, 0.25) is 0 Å². The third-order valence-corrected chi connectivity index (χ3v) is 3.83. The number of nitro groups is 1. The smallest absolute Gasteiger partial charge is 0.177 e. The molecule has 0 saturated carbocycles. The first-order valence-corrected chi connectivity index (χ1v) is 7.29. The first-order chi connectivity index (χ1) is 7.21. The Bertz CT molecular complexity index is 544. The molecular formula is C7H6Br2N2O4S. The molecule has 0 aromatic heterocycles. The number of nitrogens with one attached hydrogen (secondary N) is 1. The molecule has 6 nitrogen and oxygen atoms in total. The van der Waals surface area contributed by atoms with Crippen LogP contribution < -0.4 is 5.43 Å². The molecule has 0 saturated heterocycles. The number of benzene rings is 1. The van der Waals surface area contributed by atoms with Crippen LogP contribution in [-0.4, -0.2) is 19.7 Å². The molecule has 16 heavy (non-hydrogen) atoms. The van der Waals surface area contributed by atoms with E-state index in [4.69, 9.17) is 0 Å². The number of rotatable bonds is 3. The van der Waals surface area contributed by atoms with Crippen molar-refractivity contribution in [2.75, 3.05) is 11.7 Å². The van der Waals surface area contributed by atoms with Gasteiger partial charge in [-0.15, -0.1) is 5.43 Å². The van der Waals surface area contributed by atoms with Crippen molar-refractivity contribution in [2.24, 2.45) is 0 Å². The van der Waals surface area contributed by atoms with E-state index < -0.39 is 14.9 Å². The molecule has 0 fully saturated rings. The molecule has 1 aromatic rings. The third-order valence-electron chi connectivity index (χ3n) is 1.62. The van der Waals surface area contributed by atoms with Crippen LogP contribution >= 0.6 is 31.9 Å². The summed E-state index contributed by atoms with van der Waals surface area (Å²) in [5.74, 6) is 0. The maximum absolute atomic E-state index is 11.4. The van der Waals surface area contributed by atoms with Gasteiger partial charge in [-0.2, -0.15) is 0 Å². The number of hydrogen-bond donors (Lipinski definition) is 1. The third kappa shape index (κ3) is 3.16. The zero-order chi connectivity index (χ0) is 12.5. The lowest BCUT2D eigenvalue weighted by Crippen LogP contribution is -2.12. The van der Waals surface area contributed by atoms with Crippen LogP contribution in [0.3, 0.4) is 0 Å². The van der Waals surface area contributed by atoms with Crippen molar-refractivity contribution in [1.29, 1.82) is 0 Å². The van der Waals surface area contributed by atoms with Crippen LogP contribution in [0.1, 0.15) is 0 Å². The monoisotopic (exact) mass is 372 g/mol. The van der Waals surface area contributed by atoms with Crippen molar-refractivity contribution in [3.8, 4) is 0 Å². The molecule has 9 heteroatoms. The second kappa shape index (κ2) is 4.68. The summed E-state index contributed by atoms with van der Waals surface area (Å²) in [6.45, 7) is 0. The molecule has 0 radical (unpaired) electrons. The number of hydrogen-bond acceptors (Lipinski definition) is 4. The predicted molar refractivity (Wildman–Crippen MR) is 65.6 cm³/mol. The van der Waals surface area contributed by atoms with E-state index in [0.717, 1.165) is 6.26 Å². The van der Waals surface area contributed by atoms with Crippen LogP contribution in [0.4, 0.5) is 5.69 Å². The van der Waals surface area contributed by atoms with Gasteiger partial charge < -0.3 is 0 Å². The van der Waals surface area contributed by atoms with Crippen molar-refractivity contribution in [3.63, 3.8) is 0 Å². The van der Waals surface area contributed by atoms with Gasteiger partial charge in [0.15, 0.2) is 14.9 Å².